The molecule has 0 aliphatic carbocycles. The van der Waals surface area contributed by atoms with Gasteiger partial charge in [-0.1, -0.05) is 255 Å². The van der Waals surface area contributed by atoms with Gasteiger partial charge in [-0.25, -0.2) is 0 Å². The normalized spacial score (nSPS) is 11.3. The first-order valence-electron chi connectivity index (χ1n) is 27.0. The first-order chi connectivity index (χ1) is 38.5. The van der Waals surface area contributed by atoms with Crippen molar-refractivity contribution in [3.05, 3.63) is 358 Å². The van der Waals surface area contributed by atoms with Crippen molar-refractivity contribution in [2.24, 2.45) is 0 Å². The molecular formula is C76H62N2. The molecule has 0 unspecified atom stereocenters. The molecule has 0 aromatic heterocycles. The predicted octanol–water partition coefficient (Wildman–Crippen LogP) is 20.5. The van der Waals surface area contributed by atoms with Gasteiger partial charge >= 0.3 is 0 Å². The monoisotopic (exact) mass is 1000 g/mol. The molecular weight excluding hydrogens is 941 g/mol. The maximum absolute atomic E-state index is 2.37. The Bertz CT molecular complexity index is 3690. The summed E-state index contributed by atoms with van der Waals surface area (Å²) >= 11 is 0. The lowest BCUT2D eigenvalue weighted by Gasteiger charge is -2.27. The topological polar surface area (TPSA) is 6.48 Å². The van der Waals surface area contributed by atoms with Crippen molar-refractivity contribution in [3.8, 4) is 0 Å². The molecule has 0 aliphatic rings. The SMILES string of the molecule is Cc1ccccc1N(c1ccc(C=Cc2ccc(C=Cc3ccc(N(c4ccc(CC(c5ccccc5)c5ccccc5)cc4)c4ccccc4C)cc3)cc2)cc1)c1ccc(C=C(c2ccccc2)c2ccccc2)cc1. The molecule has 0 saturated heterocycles. The summed E-state index contributed by atoms with van der Waals surface area (Å²) in [7, 11) is 0. The first kappa shape index (κ1) is 50.4. The number of nitrogens with zero attached hydrogens (tertiary/aromatic N) is 2. The lowest BCUT2D eigenvalue weighted by Crippen LogP contribution is -2.11. The fraction of sp³-hybridized carbons (Fsp3) is 0.0526. The molecule has 0 saturated carbocycles. The Morgan fingerprint density at radius 1 is 0.308 bits per heavy atom. The summed E-state index contributed by atoms with van der Waals surface area (Å²) in [6.07, 6.45) is 12.0. The van der Waals surface area contributed by atoms with Gasteiger partial charge in [0.2, 0.25) is 0 Å². The maximum atomic E-state index is 2.37. The van der Waals surface area contributed by atoms with Crippen LogP contribution in [0.3, 0.4) is 0 Å². The van der Waals surface area contributed by atoms with Crippen LogP contribution in [0.15, 0.2) is 291 Å². The van der Waals surface area contributed by atoms with Crippen LogP contribution in [0.4, 0.5) is 34.1 Å². The van der Waals surface area contributed by atoms with Gasteiger partial charge in [-0.3, -0.25) is 0 Å². The van der Waals surface area contributed by atoms with Crippen LogP contribution in [0.5, 0.6) is 0 Å². The van der Waals surface area contributed by atoms with E-state index in [-0.39, 0.29) is 5.92 Å². The van der Waals surface area contributed by atoms with Gasteiger partial charge in [-0.05, 0) is 159 Å². The molecule has 2 nitrogen and oxygen atoms in total. The van der Waals surface area contributed by atoms with Crippen LogP contribution in [-0.2, 0) is 6.42 Å². The van der Waals surface area contributed by atoms with E-state index in [1.807, 2.05) is 0 Å². The molecule has 376 valence electrons. The second-order valence-electron chi connectivity index (χ2n) is 19.9. The number of aryl methyl sites for hydroxylation is 2. The molecule has 0 atom stereocenters. The lowest BCUT2D eigenvalue weighted by atomic mass is 9.86. The van der Waals surface area contributed by atoms with Crippen molar-refractivity contribution in [1.82, 2.24) is 0 Å². The van der Waals surface area contributed by atoms with Crippen LogP contribution in [0.1, 0.15) is 72.7 Å². The number of hydrogen-bond acceptors (Lipinski definition) is 2. The Hall–Kier alpha value is -9.76. The summed E-state index contributed by atoms with van der Waals surface area (Å²) in [5.41, 5.74) is 22.5. The standard InChI is InChI=1S/C76H62N2/c1-57-19-15-17-29-75(57)77(71-51-43-63(44-52-71)55-73(65-21-7-3-8-22-65)66-23-9-4-10-24-66)69-47-39-61(40-48-69)37-35-59-31-33-60(34-32-59)36-38-62-41-49-70(50-42-62)78(76-30-18-16-20-58(76)2)72-53-45-64(46-54-72)56-74(67-25-11-5-12-26-67)68-27-13-6-14-28-68/h3-55,74H,56H2,1-2H3. The van der Waals surface area contributed by atoms with E-state index in [4.69, 9.17) is 0 Å². The number of benzene rings is 11. The van der Waals surface area contributed by atoms with Gasteiger partial charge in [0, 0.05) is 40.0 Å². The molecule has 78 heavy (non-hydrogen) atoms. The largest absolute Gasteiger partial charge is 0.310 e. The quantitative estimate of drug-likeness (QED) is 0.0839. The Morgan fingerprint density at radius 3 is 0.962 bits per heavy atom. The third kappa shape index (κ3) is 12.2. The minimum Gasteiger partial charge on any atom is -0.310 e. The lowest BCUT2D eigenvalue weighted by molar-refractivity contribution is 0.805. The molecule has 0 aliphatic heterocycles. The van der Waals surface area contributed by atoms with Gasteiger partial charge in [0.15, 0.2) is 0 Å². The van der Waals surface area contributed by atoms with E-state index in [1.165, 1.54) is 50.2 Å². The predicted molar refractivity (Wildman–Crippen MR) is 334 cm³/mol. The summed E-state index contributed by atoms with van der Waals surface area (Å²) in [6, 6.07) is 105. The highest BCUT2D eigenvalue weighted by atomic mass is 15.1. The van der Waals surface area contributed by atoms with Crippen LogP contribution >= 0.6 is 0 Å². The van der Waals surface area contributed by atoms with Gasteiger partial charge in [0.25, 0.3) is 0 Å². The van der Waals surface area contributed by atoms with Crippen molar-refractivity contribution < 1.29 is 0 Å². The third-order valence-corrected chi connectivity index (χ3v) is 14.6. The average Bonchev–Trinajstić information content (AvgIpc) is 3.50. The second kappa shape index (κ2) is 24.3. The van der Waals surface area contributed by atoms with Crippen molar-refractivity contribution in [1.29, 1.82) is 0 Å². The van der Waals surface area contributed by atoms with E-state index in [9.17, 15) is 0 Å². The molecule has 11 aromatic carbocycles. The van der Waals surface area contributed by atoms with Crippen molar-refractivity contribution in [3.63, 3.8) is 0 Å². The third-order valence-electron chi connectivity index (χ3n) is 14.6. The number of para-hydroxylation sites is 2. The number of anilines is 6. The second-order valence-corrected chi connectivity index (χ2v) is 19.9. The van der Waals surface area contributed by atoms with Crippen LogP contribution in [0, 0.1) is 13.8 Å². The zero-order chi connectivity index (χ0) is 52.9. The summed E-state index contributed by atoms with van der Waals surface area (Å²) in [6.45, 7) is 4.36. The van der Waals surface area contributed by atoms with Gasteiger partial charge in [0.1, 0.15) is 0 Å². The van der Waals surface area contributed by atoms with Crippen molar-refractivity contribution in [2.45, 2.75) is 26.2 Å². The van der Waals surface area contributed by atoms with Crippen molar-refractivity contribution >= 4 is 70.1 Å². The fourth-order valence-electron chi connectivity index (χ4n) is 10.3. The molecule has 0 bridgehead atoms. The molecule has 11 aromatic rings. The summed E-state index contributed by atoms with van der Waals surface area (Å²) < 4.78 is 0. The molecule has 2 heteroatoms. The van der Waals surface area contributed by atoms with Crippen molar-refractivity contribution in [2.75, 3.05) is 9.80 Å². The molecule has 0 radical (unpaired) electrons. The summed E-state index contributed by atoms with van der Waals surface area (Å²) in [5, 5.41) is 0. The molecule has 0 N–H and O–H groups in total. The highest BCUT2D eigenvalue weighted by molar-refractivity contribution is 5.92. The highest BCUT2D eigenvalue weighted by Crippen LogP contribution is 2.40. The van der Waals surface area contributed by atoms with Gasteiger partial charge < -0.3 is 9.80 Å². The molecule has 0 heterocycles. The molecule has 0 fully saturated rings. The van der Waals surface area contributed by atoms with Crippen LogP contribution in [-0.4, -0.2) is 0 Å². The minimum atomic E-state index is 0.278. The molecule has 0 spiro atoms. The van der Waals surface area contributed by atoms with Crippen LogP contribution < -0.4 is 9.80 Å². The smallest absolute Gasteiger partial charge is 0.0490 e. The van der Waals surface area contributed by atoms with E-state index in [0.717, 1.165) is 62.7 Å². The Balaban J connectivity index is 0.763. The summed E-state index contributed by atoms with van der Waals surface area (Å²) in [4.78, 5) is 4.72. The molecule has 0 amide bonds. The highest BCUT2D eigenvalue weighted by Gasteiger charge is 2.19. The Kier molecular flexibility index (Phi) is 15.7. The summed E-state index contributed by atoms with van der Waals surface area (Å²) in [5.74, 6) is 0.278. The zero-order valence-electron chi connectivity index (χ0n) is 44.3. The fourth-order valence-corrected chi connectivity index (χ4v) is 10.3. The average molecular weight is 1000 g/mol. The zero-order valence-corrected chi connectivity index (χ0v) is 44.3. The van der Waals surface area contributed by atoms with Gasteiger partial charge in [0.05, 0.1) is 0 Å². The minimum absolute atomic E-state index is 0.278. The van der Waals surface area contributed by atoms with E-state index in [0.29, 0.717) is 0 Å². The van der Waals surface area contributed by atoms with Crippen LogP contribution in [0.25, 0.3) is 36.0 Å². The van der Waals surface area contributed by atoms with E-state index >= 15 is 0 Å². The van der Waals surface area contributed by atoms with E-state index in [1.54, 1.807) is 0 Å². The first-order valence-corrected chi connectivity index (χ1v) is 27.0. The van der Waals surface area contributed by atoms with Gasteiger partial charge in [-0.2, -0.15) is 0 Å². The maximum Gasteiger partial charge on any atom is 0.0490 e. The Morgan fingerprint density at radius 2 is 0.603 bits per heavy atom. The number of hydrogen-bond donors (Lipinski definition) is 0. The van der Waals surface area contributed by atoms with E-state index < -0.39 is 0 Å². The van der Waals surface area contributed by atoms with Gasteiger partial charge in [-0.15, -0.1) is 0 Å². The Labute approximate surface area is 461 Å². The molecule has 11 rings (SSSR count). The van der Waals surface area contributed by atoms with E-state index in [2.05, 4.69) is 345 Å². The number of rotatable bonds is 17. The van der Waals surface area contributed by atoms with Crippen LogP contribution in [0.2, 0.25) is 0 Å².